The Labute approximate surface area is 152 Å². The van der Waals surface area contributed by atoms with E-state index in [4.69, 9.17) is 10.5 Å². The molecule has 2 aromatic carbocycles. The first-order valence-corrected chi connectivity index (χ1v) is 8.62. The molecule has 1 aliphatic carbocycles. The number of nitrogens with two attached hydrogens (primary N) is 1. The van der Waals surface area contributed by atoms with Crippen LogP contribution >= 0.6 is 0 Å². The Bertz CT molecular complexity index is 758. The van der Waals surface area contributed by atoms with Crippen molar-refractivity contribution >= 4 is 11.9 Å². The van der Waals surface area contributed by atoms with Gasteiger partial charge in [-0.2, -0.15) is 0 Å². The number of hydrogen-bond donors (Lipinski definition) is 2. The Morgan fingerprint density at radius 3 is 2.35 bits per heavy atom. The second-order valence-corrected chi connectivity index (χ2v) is 6.42. The van der Waals surface area contributed by atoms with Crippen LogP contribution < -0.4 is 15.8 Å². The number of imide groups is 1. The average molecular weight is 353 g/mol. The van der Waals surface area contributed by atoms with E-state index in [9.17, 15) is 9.59 Å². The fourth-order valence-electron chi connectivity index (χ4n) is 3.10. The Morgan fingerprint density at radius 1 is 1.15 bits per heavy atom. The molecule has 3 amide bonds. The minimum absolute atomic E-state index is 0.306. The largest absolute Gasteiger partial charge is 0.497 e. The molecule has 0 spiro atoms. The SMILES string of the molecule is COc1ccc(CN(C2CC2)[C@@H](C(=O)NC(N)=O)c2ccccc2)cc1. The topological polar surface area (TPSA) is 84.7 Å². The highest BCUT2D eigenvalue weighted by Gasteiger charge is 2.38. The Morgan fingerprint density at radius 2 is 1.81 bits per heavy atom. The van der Waals surface area contributed by atoms with Gasteiger partial charge >= 0.3 is 6.03 Å². The van der Waals surface area contributed by atoms with Gasteiger partial charge in [0, 0.05) is 12.6 Å². The smallest absolute Gasteiger partial charge is 0.318 e. The highest BCUT2D eigenvalue weighted by atomic mass is 16.5. The van der Waals surface area contributed by atoms with Gasteiger partial charge in [0.05, 0.1) is 7.11 Å². The molecule has 6 nitrogen and oxygen atoms in total. The van der Waals surface area contributed by atoms with Crippen LogP contribution in [0.25, 0.3) is 0 Å². The molecule has 1 atom stereocenters. The molecule has 6 heteroatoms. The van der Waals surface area contributed by atoms with Crippen LogP contribution in [-0.4, -0.2) is 30.0 Å². The van der Waals surface area contributed by atoms with Crippen LogP contribution in [0.15, 0.2) is 54.6 Å². The maximum Gasteiger partial charge on any atom is 0.318 e. The van der Waals surface area contributed by atoms with Crippen LogP contribution in [0.4, 0.5) is 4.79 Å². The molecule has 0 unspecified atom stereocenters. The van der Waals surface area contributed by atoms with Crippen molar-refractivity contribution in [2.75, 3.05) is 7.11 Å². The molecule has 0 aliphatic heterocycles. The molecular formula is C20H23N3O3. The summed E-state index contributed by atoms with van der Waals surface area (Å²) in [7, 11) is 1.63. The molecule has 0 radical (unpaired) electrons. The standard InChI is InChI=1S/C20H23N3O3/c1-26-17-11-7-14(8-12-17)13-23(16-9-10-16)18(19(24)22-20(21)25)15-5-3-2-4-6-15/h2-8,11-12,16,18H,9-10,13H2,1H3,(H3,21,22,24,25)/t18-/m1/s1. The number of nitrogens with zero attached hydrogens (tertiary/aromatic N) is 1. The number of carbonyl (C=O) groups excluding carboxylic acids is 2. The number of ether oxygens (including phenoxy) is 1. The molecule has 3 N–H and O–H groups in total. The highest BCUT2D eigenvalue weighted by molar-refractivity contribution is 5.96. The van der Waals surface area contributed by atoms with Gasteiger partial charge in [-0.3, -0.25) is 15.0 Å². The van der Waals surface area contributed by atoms with E-state index in [-0.39, 0.29) is 0 Å². The minimum Gasteiger partial charge on any atom is -0.497 e. The van der Waals surface area contributed by atoms with Crippen molar-refractivity contribution in [1.82, 2.24) is 10.2 Å². The van der Waals surface area contributed by atoms with Crippen LogP contribution in [0.1, 0.15) is 30.0 Å². The molecule has 1 aliphatic rings. The van der Waals surface area contributed by atoms with E-state index in [1.165, 1.54) is 0 Å². The van der Waals surface area contributed by atoms with Crippen molar-refractivity contribution in [3.8, 4) is 5.75 Å². The van der Waals surface area contributed by atoms with Gasteiger partial charge in [0.15, 0.2) is 0 Å². The van der Waals surface area contributed by atoms with Crippen molar-refractivity contribution in [2.24, 2.45) is 5.73 Å². The third kappa shape index (κ3) is 4.40. The summed E-state index contributed by atoms with van der Waals surface area (Å²) in [5.74, 6) is 0.391. The summed E-state index contributed by atoms with van der Waals surface area (Å²) in [6.07, 6.45) is 2.06. The molecular weight excluding hydrogens is 330 g/mol. The number of nitrogens with one attached hydrogen (secondary N) is 1. The van der Waals surface area contributed by atoms with E-state index in [1.54, 1.807) is 7.11 Å². The van der Waals surface area contributed by atoms with Gasteiger partial charge in [0.1, 0.15) is 11.8 Å². The zero-order valence-corrected chi connectivity index (χ0v) is 14.7. The van der Waals surface area contributed by atoms with E-state index in [1.807, 2.05) is 54.6 Å². The number of carbonyl (C=O) groups is 2. The molecule has 0 bridgehead atoms. The maximum atomic E-state index is 12.7. The van der Waals surface area contributed by atoms with Crippen LogP contribution in [0.2, 0.25) is 0 Å². The number of methoxy groups -OCH3 is 1. The second-order valence-electron chi connectivity index (χ2n) is 6.42. The first-order valence-electron chi connectivity index (χ1n) is 8.62. The van der Waals surface area contributed by atoms with E-state index < -0.39 is 18.0 Å². The fourth-order valence-corrected chi connectivity index (χ4v) is 3.10. The fraction of sp³-hybridized carbons (Fsp3) is 0.300. The van der Waals surface area contributed by atoms with Crippen LogP contribution in [-0.2, 0) is 11.3 Å². The molecule has 3 rings (SSSR count). The first kappa shape index (κ1) is 17.9. The molecule has 1 fully saturated rings. The van der Waals surface area contributed by atoms with Crippen molar-refractivity contribution in [3.05, 3.63) is 65.7 Å². The summed E-state index contributed by atoms with van der Waals surface area (Å²) in [6.45, 7) is 0.598. The second kappa shape index (κ2) is 8.01. The van der Waals surface area contributed by atoms with Crippen molar-refractivity contribution in [2.45, 2.75) is 31.5 Å². The number of amides is 3. The summed E-state index contributed by atoms with van der Waals surface area (Å²) in [6, 6.07) is 16.2. The van der Waals surface area contributed by atoms with Gasteiger partial charge in [-0.1, -0.05) is 42.5 Å². The van der Waals surface area contributed by atoms with Gasteiger partial charge in [-0.05, 0) is 36.1 Å². The van der Waals surface area contributed by atoms with Crippen molar-refractivity contribution in [3.63, 3.8) is 0 Å². The average Bonchev–Trinajstić information content (AvgIpc) is 3.47. The van der Waals surface area contributed by atoms with Gasteiger partial charge < -0.3 is 10.5 Å². The predicted molar refractivity (Wildman–Crippen MR) is 98.5 cm³/mol. The summed E-state index contributed by atoms with van der Waals surface area (Å²) < 4.78 is 5.20. The van der Waals surface area contributed by atoms with Gasteiger partial charge in [-0.15, -0.1) is 0 Å². The van der Waals surface area contributed by atoms with Crippen LogP contribution in [0.3, 0.4) is 0 Å². The van der Waals surface area contributed by atoms with E-state index in [2.05, 4.69) is 10.2 Å². The zero-order chi connectivity index (χ0) is 18.5. The van der Waals surface area contributed by atoms with E-state index >= 15 is 0 Å². The first-order chi connectivity index (χ1) is 12.6. The third-order valence-corrected chi connectivity index (χ3v) is 4.48. The Hall–Kier alpha value is -2.86. The van der Waals surface area contributed by atoms with Crippen molar-refractivity contribution in [1.29, 1.82) is 0 Å². The summed E-state index contributed by atoms with van der Waals surface area (Å²) in [5, 5.41) is 2.25. The van der Waals surface area contributed by atoms with E-state index in [0.717, 1.165) is 29.7 Å². The highest BCUT2D eigenvalue weighted by Crippen LogP contribution is 2.36. The minimum atomic E-state index is -0.837. The lowest BCUT2D eigenvalue weighted by atomic mass is 10.0. The number of urea groups is 1. The monoisotopic (exact) mass is 353 g/mol. The van der Waals surface area contributed by atoms with Gasteiger partial charge in [0.25, 0.3) is 0 Å². The lowest BCUT2D eigenvalue weighted by Gasteiger charge is -2.31. The number of benzene rings is 2. The number of primary amides is 1. The molecule has 2 aromatic rings. The normalized spacial score (nSPS) is 14.7. The third-order valence-electron chi connectivity index (χ3n) is 4.48. The maximum absolute atomic E-state index is 12.7. The van der Waals surface area contributed by atoms with E-state index in [0.29, 0.717) is 12.6 Å². The number of rotatable bonds is 7. The molecule has 0 heterocycles. The zero-order valence-electron chi connectivity index (χ0n) is 14.7. The molecule has 26 heavy (non-hydrogen) atoms. The quantitative estimate of drug-likeness (QED) is 0.801. The van der Waals surface area contributed by atoms with Gasteiger partial charge in [0.2, 0.25) is 5.91 Å². The van der Waals surface area contributed by atoms with Crippen LogP contribution in [0, 0.1) is 0 Å². The Balaban J connectivity index is 1.89. The summed E-state index contributed by atoms with van der Waals surface area (Å²) >= 11 is 0. The predicted octanol–water partition coefficient (Wildman–Crippen LogP) is 2.60. The Kier molecular flexibility index (Phi) is 5.53. The van der Waals surface area contributed by atoms with Crippen LogP contribution in [0.5, 0.6) is 5.75 Å². The number of hydrogen-bond acceptors (Lipinski definition) is 4. The lowest BCUT2D eigenvalue weighted by Crippen LogP contribution is -2.45. The molecule has 0 aromatic heterocycles. The molecule has 1 saturated carbocycles. The summed E-state index contributed by atoms with van der Waals surface area (Å²) in [4.78, 5) is 26.1. The lowest BCUT2D eigenvalue weighted by molar-refractivity contribution is -0.126. The van der Waals surface area contributed by atoms with Crippen molar-refractivity contribution < 1.29 is 14.3 Å². The summed E-state index contributed by atoms with van der Waals surface area (Å²) in [5.41, 5.74) is 7.10. The molecule has 0 saturated heterocycles. The molecule has 136 valence electrons. The van der Waals surface area contributed by atoms with Gasteiger partial charge in [-0.25, -0.2) is 4.79 Å².